The summed E-state index contributed by atoms with van der Waals surface area (Å²) < 4.78 is 0. The zero-order valence-corrected chi connectivity index (χ0v) is 12.1. The Kier molecular flexibility index (Phi) is 4.36. The Morgan fingerprint density at radius 2 is 1.85 bits per heavy atom. The number of hydrogen-bond acceptors (Lipinski definition) is 2. The monoisotopic (exact) mass is 265 g/mol. The van der Waals surface area contributed by atoms with Crippen molar-refractivity contribution in [1.82, 2.24) is 4.98 Å². The second kappa shape index (κ2) is 6.20. The van der Waals surface area contributed by atoms with Crippen molar-refractivity contribution in [3.8, 4) is 5.75 Å². The van der Waals surface area contributed by atoms with Crippen LogP contribution < -0.4 is 0 Å². The molecule has 0 atom stereocenters. The van der Waals surface area contributed by atoms with Crippen LogP contribution in [0.3, 0.4) is 0 Å². The normalized spacial score (nSPS) is 12.1. The van der Waals surface area contributed by atoms with Crippen LogP contribution in [0.1, 0.15) is 29.3 Å². The smallest absolute Gasteiger partial charge is 0.121 e. The minimum atomic E-state index is 0.379. The molecule has 20 heavy (non-hydrogen) atoms. The van der Waals surface area contributed by atoms with Gasteiger partial charge in [-0.1, -0.05) is 23.8 Å². The van der Waals surface area contributed by atoms with Crippen molar-refractivity contribution < 1.29 is 5.11 Å². The Balaban J connectivity index is 2.21. The lowest BCUT2D eigenvalue weighted by Crippen LogP contribution is -1.84. The minimum Gasteiger partial charge on any atom is -0.507 e. The topological polar surface area (TPSA) is 33.1 Å². The van der Waals surface area contributed by atoms with E-state index < -0.39 is 0 Å². The van der Waals surface area contributed by atoms with Crippen molar-refractivity contribution >= 4 is 12.2 Å². The molecule has 0 amide bonds. The molecule has 0 spiro atoms. The van der Waals surface area contributed by atoms with Crippen molar-refractivity contribution in [3.05, 3.63) is 70.6 Å². The molecule has 0 saturated heterocycles. The molecule has 0 aliphatic heterocycles. The van der Waals surface area contributed by atoms with Gasteiger partial charge in [-0.15, -0.1) is 0 Å². The van der Waals surface area contributed by atoms with Crippen LogP contribution in [0.25, 0.3) is 12.2 Å². The van der Waals surface area contributed by atoms with Gasteiger partial charge in [0.1, 0.15) is 5.75 Å². The molecule has 1 aromatic carbocycles. The van der Waals surface area contributed by atoms with Gasteiger partial charge >= 0.3 is 0 Å². The maximum absolute atomic E-state index is 9.77. The number of aryl methyl sites for hydroxylation is 2. The maximum Gasteiger partial charge on any atom is 0.121 e. The second-order valence-corrected chi connectivity index (χ2v) is 4.98. The molecule has 2 rings (SSSR count). The quantitative estimate of drug-likeness (QED) is 0.828. The average Bonchev–Trinajstić information content (AvgIpc) is 2.43. The van der Waals surface area contributed by atoms with Crippen molar-refractivity contribution in [3.63, 3.8) is 0 Å². The SMILES string of the molecule is CC(/C=C/c1ccccn1)=C\c1cc(C)c(O)c(C)c1. The third-order valence-corrected chi connectivity index (χ3v) is 3.11. The summed E-state index contributed by atoms with van der Waals surface area (Å²) >= 11 is 0. The lowest BCUT2D eigenvalue weighted by Gasteiger charge is -2.05. The van der Waals surface area contributed by atoms with Crippen LogP contribution in [-0.2, 0) is 0 Å². The highest BCUT2D eigenvalue weighted by atomic mass is 16.3. The largest absolute Gasteiger partial charge is 0.507 e. The Morgan fingerprint density at radius 1 is 1.15 bits per heavy atom. The van der Waals surface area contributed by atoms with E-state index in [1.54, 1.807) is 6.20 Å². The van der Waals surface area contributed by atoms with Crippen LogP contribution in [0, 0.1) is 13.8 Å². The van der Waals surface area contributed by atoms with E-state index in [2.05, 4.69) is 18.0 Å². The van der Waals surface area contributed by atoms with Gasteiger partial charge in [0.25, 0.3) is 0 Å². The first kappa shape index (κ1) is 14.1. The zero-order valence-electron chi connectivity index (χ0n) is 12.1. The third kappa shape index (κ3) is 3.58. The van der Waals surface area contributed by atoms with E-state index in [0.717, 1.165) is 28.0 Å². The summed E-state index contributed by atoms with van der Waals surface area (Å²) in [6, 6.07) is 9.82. The molecule has 102 valence electrons. The number of pyridine rings is 1. The van der Waals surface area contributed by atoms with Crippen LogP contribution in [-0.4, -0.2) is 10.1 Å². The highest BCUT2D eigenvalue weighted by molar-refractivity contribution is 5.62. The van der Waals surface area contributed by atoms with Gasteiger partial charge in [0.2, 0.25) is 0 Å². The first-order valence-corrected chi connectivity index (χ1v) is 6.64. The van der Waals surface area contributed by atoms with Gasteiger partial charge in [-0.25, -0.2) is 0 Å². The molecule has 1 heterocycles. The Morgan fingerprint density at radius 3 is 2.45 bits per heavy atom. The number of nitrogens with zero attached hydrogens (tertiary/aromatic N) is 1. The molecule has 2 aromatic rings. The molecule has 1 aromatic heterocycles. The standard InChI is InChI=1S/C18H19NO/c1-13(7-8-17-6-4-5-9-19-17)10-16-11-14(2)18(20)15(3)12-16/h4-12,20H,1-3H3/b8-7+,13-10+. The van der Waals surface area contributed by atoms with Gasteiger partial charge in [-0.3, -0.25) is 4.98 Å². The maximum atomic E-state index is 9.77. The summed E-state index contributed by atoms with van der Waals surface area (Å²) in [6.07, 6.45) is 7.91. The van der Waals surface area contributed by atoms with Crippen LogP contribution >= 0.6 is 0 Å². The fourth-order valence-electron chi connectivity index (χ4n) is 2.08. The summed E-state index contributed by atoms with van der Waals surface area (Å²) in [4.78, 5) is 4.25. The van der Waals surface area contributed by atoms with E-state index in [0.29, 0.717) is 5.75 Å². The van der Waals surface area contributed by atoms with E-state index >= 15 is 0 Å². The Hall–Kier alpha value is -2.35. The first-order chi connectivity index (χ1) is 9.56. The molecule has 0 bridgehead atoms. The molecule has 0 fully saturated rings. The fourth-order valence-corrected chi connectivity index (χ4v) is 2.08. The molecule has 1 N–H and O–H groups in total. The van der Waals surface area contributed by atoms with Crippen molar-refractivity contribution in [2.45, 2.75) is 20.8 Å². The molecule has 0 saturated carbocycles. The number of aromatic nitrogens is 1. The minimum absolute atomic E-state index is 0.379. The third-order valence-electron chi connectivity index (χ3n) is 3.11. The summed E-state index contributed by atoms with van der Waals surface area (Å²) in [7, 11) is 0. The summed E-state index contributed by atoms with van der Waals surface area (Å²) in [5, 5.41) is 9.77. The molecule has 0 aliphatic rings. The number of benzene rings is 1. The van der Waals surface area contributed by atoms with Crippen LogP contribution in [0.5, 0.6) is 5.75 Å². The van der Waals surface area contributed by atoms with Gasteiger partial charge in [-0.05, 0) is 67.8 Å². The predicted octanol–water partition coefficient (Wildman–Crippen LogP) is 4.52. The van der Waals surface area contributed by atoms with Gasteiger partial charge < -0.3 is 5.11 Å². The van der Waals surface area contributed by atoms with E-state index in [9.17, 15) is 5.11 Å². The van der Waals surface area contributed by atoms with E-state index in [1.165, 1.54) is 0 Å². The Labute approximate surface area is 120 Å². The highest BCUT2D eigenvalue weighted by Crippen LogP contribution is 2.24. The molecular weight excluding hydrogens is 246 g/mol. The summed E-state index contributed by atoms with van der Waals surface area (Å²) in [5.74, 6) is 0.379. The van der Waals surface area contributed by atoms with Crippen molar-refractivity contribution in [2.24, 2.45) is 0 Å². The number of rotatable bonds is 3. The second-order valence-electron chi connectivity index (χ2n) is 4.98. The summed E-state index contributed by atoms with van der Waals surface area (Å²) in [5.41, 5.74) is 4.98. The van der Waals surface area contributed by atoms with E-state index in [-0.39, 0.29) is 0 Å². The van der Waals surface area contributed by atoms with Gasteiger partial charge in [0.05, 0.1) is 5.69 Å². The molecular formula is C18H19NO. The molecule has 0 unspecified atom stereocenters. The highest BCUT2D eigenvalue weighted by Gasteiger charge is 2.01. The van der Waals surface area contributed by atoms with Gasteiger partial charge in [0.15, 0.2) is 0 Å². The van der Waals surface area contributed by atoms with Crippen molar-refractivity contribution in [2.75, 3.05) is 0 Å². The average molecular weight is 265 g/mol. The molecule has 2 nitrogen and oxygen atoms in total. The van der Waals surface area contributed by atoms with Crippen molar-refractivity contribution in [1.29, 1.82) is 0 Å². The number of phenols is 1. The van der Waals surface area contributed by atoms with E-state index in [4.69, 9.17) is 0 Å². The summed E-state index contributed by atoms with van der Waals surface area (Å²) in [6.45, 7) is 5.88. The predicted molar refractivity (Wildman–Crippen MR) is 84.5 cm³/mol. The van der Waals surface area contributed by atoms with Gasteiger partial charge in [-0.2, -0.15) is 0 Å². The fraction of sp³-hybridized carbons (Fsp3) is 0.167. The molecule has 0 aliphatic carbocycles. The van der Waals surface area contributed by atoms with Gasteiger partial charge in [0, 0.05) is 6.20 Å². The lowest BCUT2D eigenvalue weighted by atomic mass is 10.0. The number of phenolic OH excluding ortho intramolecular Hbond substituents is 1. The molecule has 0 radical (unpaired) electrons. The molecule has 2 heteroatoms. The van der Waals surface area contributed by atoms with Crippen LogP contribution in [0.2, 0.25) is 0 Å². The lowest BCUT2D eigenvalue weighted by molar-refractivity contribution is 0.467. The van der Waals surface area contributed by atoms with E-state index in [1.807, 2.05) is 56.3 Å². The first-order valence-electron chi connectivity index (χ1n) is 6.64. The number of aromatic hydroxyl groups is 1. The Bertz CT molecular complexity index is 631. The van der Waals surface area contributed by atoms with Crippen LogP contribution in [0.4, 0.5) is 0 Å². The zero-order chi connectivity index (χ0) is 14.5. The number of hydrogen-bond donors (Lipinski definition) is 1. The number of allylic oxidation sites excluding steroid dienone is 2. The van der Waals surface area contributed by atoms with Crippen LogP contribution in [0.15, 0.2) is 48.2 Å².